The van der Waals surface area contributed by atoms with E-state index in [9.17, 15) is 19.3 Å². The number of phosphoric acid groups is 1. The summed E-state index contributed by atoms with van der Waals surface area (Å²) in [4.78, 5) is 42.7. The van der Waals surface area contributed by atoms with Crippen LogP contribution in [0.5, 0.6) is 0 Å². The average Bonchev–Trinajstić information content (AvgIpc) is 3.08. The third-order valence-corrected chi connectivity index (χ3v) is 8.96. The van der Waals surface area contributed by atoms with Crippen LogP contribution < -0.4 is 0 Å². The predicted molar refractivity (Wildman–Crippen MR) is 203 cm³/mol. The van der Waals surface area contributed by atoms with Crippen molar-refractivity contribution in [3.63, 3.8) is 0 Å². The number of phosphoric ester groups is 1. The van der Waals surface area contributed by atoms with Gasteiger partial charge >= 0.3 is 19.8 Å². The minimum Gasteiger partial charge on any atom is -0.462 e. The first kappa shape index (κ1) is 48.0. The second kappa shape index (κ2) is 34.1. The van der Waals surface area contributed by atoms with Crippen LogP contribution in [-0.4, -0.2) is 52.3 Å². The molecule has 3 atom stereocenters. The molecule has 0 aliphatic rings. The Labute approximate surface area is 304 Å². The maximum Gasteiger partial charge on any atom is 0.469 e. The molecule has 0 fully saturated rings. The van der Waals surface area contributed by atoms with Gasteiger partial charge < -0.3 is 24.4 Å². The zero-order valence-electron chi connectivity index (χ0n) is 31.6. The highest BCUT2D eigenvalue weighted by molar-refractivity contribution is 7.46. The number of hydrogen-bond acceptors (Lipinski definition) is 7. The molecular formula is C40H71O9P. The molecule has 1 unspecified atom stereocenters. The lowest BCUT2D eigenvalue weighted by Crippen LogP contribution is -2.29. The summed E-state index contributed by atoms with van der Waals surface area (Å²) in [6.45, 7) is 5.87. The van der Waals surface area contributed by atoms with Crippen molar-refractivity contribution in [2.45, 2.75) is 174 Å². The smallest absolute Gasteiger partial charge is 0.462 e. The van der Waals surface area contributed by atoms with Crippen LogP contribution in [0, 0.1) is 5.92 Å². The largest absolute Gasteiger partial charge is 0.469 e. The van der Waals surface area contributed by atoms with E-state index in [1.54, 1.807) is 6.08 Å². The van der Waals surface area contributed by atoms with Crippen LogP contribution in [0.25, 0.3) is 0 Å². The van der Waals surface area contributed by atoms with Gasteiger partial charge in [0.25, 0.3) is 0 Å². The third kappa shape index (κ3) is 35.8. The average molecular weight is 727 g/mol. The summed E-state index contributed by atoms with van der Waals surface area (Å²) in [5.41, 5.74) is 0. The van der Waals surface area contributed by atoms with E-state index in [0.717, 1.165) is 31.6 Å². The monoisotopic (exact) mass is 726 g/mol. The standard InChI is InChI=1S/C40H71O9P/c1-4-6-7-8-14-20-25-30-37(41)31-26-21-16-13-18-23-28-33-40(43)49-38(35-48-50(44,45)46)34-47-39(42)32-27-22-17-12-10-9-11-15-19-24-29-36(3)5-2/h13-14,18,20-21,25-26,30,36-38,41H,4-12,15-17,19,22-24,27-29,31-35H2,1-3H3,(H2,44,45,46)/b18-13+,20-14-,26-21-,30-25-/t36?,37-,38+/m0/s1. The van der Waals surface area contributed by atoms with E-state index < -0.39 is 38.6 Å². The highest BCUT2D eigenvalue weighted by Crippen LogP contribution is 2.36. The Morgan fingerprint density at radius 1 is 0.700 bits per heavy atom. The van der Waals surface area contributed by atoms with Gasteiger partial charge in [-0.25, -0.2) is 4.57 Å². The Balaban J connectivity index is 4.14. The first-order chi connectivity index (χ1) is 24.1. The van der Waals surface area contributed by atoms with Gasteiger partial charge in [-0.15, -0.1) is 0 Å². The Hall–Kier alpha value is -2.03. The second-order valence-electron chi connectivity index (χ2n) is 13.4. The molecule has 0 aliphatic carbocycles. The zero-order chi connectivity index (χ0) is 37.1. The number of aliphatic hydroxyl groups is 1. The van der Waals surface area contributed by atoms with Gasteiger partial charge in [0.05, 0.1) is 12.7 Å². The number of allylic oxidation sites excluding steroid dienone is 6. The van der Waals surface area contributed by atoms with Crippen molar-refractivity contribution in [1.29, 1.82) is 0 Å². The van der Waals surface area contributed by atoms with Crippen LogP contribution in [0.3, 0.4) is 0 Å². The predicted octanol–water partition coefficient (Wildman–Crippen LogP) is 10.4. The Morgan fingerprint density at radius 2 is 1.32 bits per heavy atom. The molecule has 0 saturated carbocycles. The number of esters is 2. The first-order valence-electron chi connectivity index (χ1n) is 19.4. The van der Waals surface area contributed by atoms with E-state index in [0.29, 0.717) is 32.1 Å². The molecule has 0 spiro atoms. The molecule has 3 N–H and O–H groups in total. The fourth-order valence-corrected chi connectivity index (χ4v) is 5.49. The van der Waals surface area contributed by atoms with E-state index in [4.69, 9.17) is 19.3 Å². The van der Waals surface area contributed by atoms with Crippen LogP contribution in [0.4, 0.5) is 0 Å². The lowest BCUT2D eigenvalue weighted by Gasteiger charge is -2.18. The molecule has 0 aromatic heterocycles. The Bertz CT molecular complexity index is 985. The lowest BCUT2D eigenvalue weighted by atomic mass is 9.99. The first-order valence-corrected chi connectivity index (χ1v) is 21.0. The normalized spacial score (nSPS) is 14.3. The molecule has 0 aromatic carbocycles. The van der Waals surface area contributed by atoms with E-state index in [1.807, 2.05) is 36.5 Å². The van der Waals surface area contributed by atoms with Crippen molar-refractivity contribution in [3.8, 4) is 0 Å². The molecule has 0 saturated heterocycles. The number of ether oxygens (including phenoxy) is 2. The second-order valence-corrected chi connectivity index (χ2v) is 14.6. The van der Waals surface area contributed by atoms with Gasteiger partial charge in [-0.1, -0.05) is 153 Å². The van der Waals surface area contributed by atoms with Gasteiger partial charge in [-0.3, -0.25) is 14.1 Å². The summed E-state index contributed by atoms with van der Waals surface area (Å²) in [6.07, 6.45) is 35.7. The van der Waals surface area contributed by atoms with E-state index in [-0.39, 0.29) is 19.4 Å². The van der Waals surface area contributed by atoms with Crippen LogP contribution in [0.2, 0.25) is 0 Å². The van der Waals surface area contributed by atoms with Crippen LogP contribution in [0.1, 0.15) is 162 Å². The summed E-state index contributed by atoms with van der Waals surface area (Å²) < 4.78 is 26.2. The number of unbranched alkanes of at least 4 members (excludes halogenated alkanes) is 13. The van der Waals surface area contributed by atoms with Crippen molar-refractivity contribution in [2.75, 3.05) is 13.2 Å². The number of aliphatic hydroxyl groups excluding tert-OH is 1. The minimum absolute atomic E-state index is 0.102. The molecule has 0 radical (unpaired) electrons. The number of carbonyl (C=O) groups is 2. The topological polar surface area (TPSA) is 140 Å². The van der Waals surface area contributed by atoms with Crippen molar-refractivity contribution in [3.05, 3.63) is 48.6 Å². The zero-order valence-corrected chi connectivity index (χ0v) is 32.5. The molecule has 0 aromatic rings. The van der Waals surface area contributed by atoms with Crippen molar-refractivity contribution < 1.29 is 43.0 Å². The minimum atomic E-state index is -4.78. The highest BCUT2D eigenvalue weighted by Gasteiger charge is 2.22. The SMILES string of the molecule is CCCCC/C=C\C=C/[C@H](O)C/C=C\C/C=C/CCCC(=O)O[C@H](COC(=O)CCCCCCCCCCCCC(C)CC)COP(=O)(O)O. The molecule has 0 rings (SSSR count). The number of hydrogen-bond donors (Lipinski definition) is 3. The molecule has 0 heterocycles. The maximum absolute atomic E-state index is 12.4. The van der Waals surface area contributed by atoms with Crippen LogP contribution >= 0.6 is 7.82 Å². The van der Waals surface area contributed by atoms with E-state index in [2.05, 4.69) is 31.4 Å². The fraction of sp³-hybridized carbons (Fsp3) is 0.750. The lowest BCUT2D eigenvalue weighted by molar-refractivity contribution is -0.161. The van der Waals surface area contributed by atoms with Crippen LogP contribution in [-0.2, 0) is 28.2 Å². The molecule has 0 bridgehead atoms. The van der Waals surface area contributed by atoms with Crippen LogP contribution in [0.15, 0.2) is 48.6 Å². The number of carbonyl (C=O) groups excluding carboxylic acids is 2. The summed E-state index contributed by atoms with van der Waals surface area (Å²) in [5, 5.41) is 10.0. The van der Waals surface area contributed by atoms with Gasteiger partial charge in [-0.05, 0) is 50.9 Å². The van der Waals surface area contributed by atoms with Gasteiger partial charge in [-0.2, -0.15) is 0 Å². The molecule has 290 valence electrons. The van der Waals surface area contributed by atoms with Gasteiger partial charge in [0, 0.05) is 12.8 Å². The van der Waals surface area contributed by atoms with E-state index in [1.165, 1.54) is 70.6 Å². The summed E-state index contributed by atoms with van der Waals surface area (Å²) in [7, 11) is -4.78. The maximum atomic E-state index is 12.4. The molecule has 0 amide bonds. The van der Waals surface area contributed by atoms with Gasteiger partial charge in [0.15, 0.2) is 6.10 Å². The van der Waals surface area contributed by atoms with Crippen molar-refractivity contribution in [2.24, 2.45) is 5.92 Å². The molecule has 10 heteroatoms. The van der Waals surface area contributed by atoms with Crippen molar-refractivity contribution in [1.82, 2.24) is 0 Å². The summed E-state index contributed by atoms with van der Waals surface area (Å²) >= 11 is 0. The highest BCUT2D eigenvalue weighted by atomic mass is 31.2. The molecule has 50 heavy (non-hydrogen) atoms. The van der Waals surface area contributed by atoms with Gasteiger partial charge in [0.2, 0.25) is 0 Å². The van der Waals surface area contributed by atoms with E-state index >= 15 is 0 Å². The Morgan fingerprint density at radius 3 is 1.98 bits per heavy atom. The molecular weight excluding hydrogens is 655 g/mol. The molecule has 9 nitrogen and oxygen atoms in total. The van der Waals surface area contributed by atoms with Gasteiger partial charge in [0.1, 0.15) is 6.61 Å². The summed E-state index contributed by atoms with van der Waals surface area (Å²) in [6, 6.07) is 0. The van der Waals surface area contributed by atoms with Crippen molar-refractivity contribution >= 4 is 19.8 Å². The summed E-state index contributed by atoms with van der Waals surface area (Å²) in [5.74, 6) is -0.150. The Kier molecular flexibility index (Phi) is 32.7. The quantitative estimate of drug-likeness (QED) is 0.0194. The fourth-order valence-electron chi connectivity index (χ4n) is 5.13. The number of rotatable bonds is 34. The third-order valence-electron chi connectivity index (χ3n) is 8.47. The molecule has 0 aliphatic heterocycles.